The highest BCUT2D eigenvalue weighted by Gasteiger charge is 2.10. The highest BCUT2D eigenvalue weighted by Crippen LogP contribution is 2.17. The third-order valence-corrected chi connectivity index (χ3v) is 2.37. The number of furan rings is 1. The predicted octanol–water partition coefficient (Wildman–Crippen LogP) is 2.81. The molecule has 2 aromatic rings. The maximum absolute atomic E-state index is 12.7. The first-order valence-corrected chi connectivity index (χ1v) is 5.35. The number of hydrogen-bond donors (Lipinski definition) is 1. The molecule has 4 heteroatoms. The Bertz CT molecular complexity index is 478. The third kappa shape index (κ3) is 3.07. The van der Waals surface area contributed by atoms with Crippen molar-refractivity contribution in [1.29, 1.82) is 0 Å². The molecule has 0 aliphatic carbocycles. The van der Waals surface area contributed by atoms with Crippen molar-refractivity contribution in [3.05, 3.63) is 53.7 Å². The normalized spacial score (nSPS) is 12.4. The first kappa shape index (κ1) is 11.7. The molecule has 0 amide bonds. The van der Waals surface area contributed by atoms with Gasteiger partial charge < -0.3 is 14.9 Å². The Balaban J connectivity index is 1.92. The first-order chi connectivity index (χ1) is 8.15. The van der Waals surface area contributed by atoms with Crippen molar-refractivity contribution in [1.82, 2.24) is 0 Å². The van der Waals surface area contributed by atoms with Gasteiger partial charge in [0.25, 0.3) is 0 Å². The minimum Gasteiger partial charge on any atom is -0.491 e. The minimum absolute atomic E-state index is 0.289. The molecule has 17 heavy (non-hydrogen) atoms. The van der Waals surface area contributed by atoms with Crippen LogP contribution in [0.2, 0.25) is 0 Å². The fourth-order valence-electron chi connectivity index (χ4n) is 1.45. The molecule has 0 aliphatic rings. The summed E-state index contributed by atoms with van der Waals surface area (Å²) in [5, 5.41) is 0. The quantitative estimate of drug-likeness (QED) is 0.886. The molecule has 0 spiro atoms. The van der Waals surface area contributed by atoms with Crippen molar-refractivity contribution >= 4 is 0 Å². The van der Waals surface area contributed by atoms with Gasteiger partial charge in [0.2, 0.25) is 0 Å². The average Bonchev–Trinajstić information content (AvgIpc) is 2.75. The maximum Gasteiger partial charge on any atom is 0.124 e. The molecular formula is C13H14FNO2. The van der Waals surface area contributed by atoms with Crippen molar-refractivity contribution in [2.45, 2.75) is 13.0 Å². The van der Waals surface area contributed by atoms with Gasteiger partial charge in [-0.05, 0) is 43.3 Å². The number of hydrogen-bond acceptors (Lipinski definition) is 3. The number of rotatable bonds is 4. The molecule has 0 saturated heterocycles. The molecule has 90 valence electrons. The lowest BCUT2D eigenvalue weighted by Crippen LogP contribution is -2.18. The fraction of sp³-hybridized carbons (Fsp3) is 0.231. The second-order valence-electron chi connectivity index (χ2n) is 3.82. The molecule has 0 saturated carbocycles. The van der Waals surface area contributed by atoms with Gasteiger partial charge >= 0.3 is 0 Å². The Morgan fingerprint density at radius 3 is 2.53 bits per heavy atom. The number of nitrogens with two attached hydrogens (primary N) is 1. The second kappa shape index (κ2) is 5.01. The number of aryl methyl sites for hydroxylation is 1. The van der Waals surface area contributed by atoms with E-state index in [9.17, 15) is 4.39 Å². The molecule has 1 unspecified atom stereocenters. The molecule has 0 aliphatic heterocycles. The molecular weight excluding hydrogens is 221 g/mol. The van der Waals surface area contributed by atoms with E-state index in [1.807, 2.05) is 19.1 Å². The summed E-state index contributed by atoms with van der Waals surface area (Å²) in [7, 11) is 0. The van der Waals surface area contributed by atoms with Gasteiger partial charge in [-0.15, -0.1) is 0 Å². The zero-order chi connectivity index (χ0) is 12.3. The van der Waals surface area contributed by atoms with E-state index >= 15 is 0 Å². The zero-order valence-corrected chi connectivity index (χ0v) is 9.52. The second-order valence-corrected chi connectivity index (χ2v) is 3.82. The van der Waals surface area contributed by atoms with Crippen LogP contribution in [0.5, 0.6) is 5.75 Å². The molecule has 2 N–H and O–H groups in total. The monoisotopic (exact) mass is 235 g/mol. The van der Waals surface area contributed by atoms with E-state index in [1.54, 1.807) is 12.1 Å². The van der Waals surface area contributed by atoms with E-state index in [0.29, 0.717) is 18.1 Å². The van der Waals surface area contributed by atoms with Crippen LogP contribution in [0.15, 0.2) is 40.8 Å². The number of halogens is 1. The predicted molar refractivity (Wildman–Crippen MR) is 62.3 cm³/mol. The summed E-state index contributed by atoms with van der Waals surface area (Å²) in [6, 6.07) is 9.18. The van der Waals surface area contributed by atoms with Crippen LogP contribution in [0, 0.1) is 12.7 Å². The molecule has 0 bridgehead atoms. The van der Waals surface area contributed by atoms with Gasteiger partial charge in [0.1, 0.15) is 29.7 Å². The van der Waals surface area contributed by atoms with Gasteiger partial charge in [0, 0.05) is 0 Å². The smallest absolute Gasteiger partial charge is 0.124 e. The fourth-order valence-corrected chi connectivity index (χ4v) is 1.45. The van der Waals surface area contributed by atoms with Crippen LogP contribution in [0.4, 0.5) is 4.39 Å². The van der Waals surface area contributed by atoms with E-state index in [1.165, 1.54) is 12.1 Å². The Labute approximate surface area is 99.0 Å². The van der Waals surface area contributed by atoms with Gasteiger partial charge in [-0.2, -0.15) is 0 Å². The summed E-state index contributed by atoms with van der Waals surface area (Å²) in [5.74, 6) is 1.80. The van der Waals surface area contributed by atoms with Gasteiger partial charge in [0.15, 0.2) is 0 Å². The van der Waals surface area contributed by atoms with E-state index in [-0.39, 0.29) is 11.9 Å². The molecule has 1 heterocycles. The molecule has 1 aromatic heterocycles. The Kier molecular flexibility index (Phi) is 3.44. The van der Waals surface area contributed by atoms with Gasteiger partial charge in [-0.3, -0.25) is 0 Å². The SMILES string of the molecule is Cc1ccc(C(N)COc2ccc(F)cc2)o1. The van der Waals surface area contributed by atoms with Crippen molar-refractivity contribution in [2.24, 2.45) is 5.73 Å². The first-order valence-electron chi connectivity index (χ1n) is 5.35. The van der Waals surface area contributed by atoms with Crippen molar-refractivity contribution in [3.63, 3.8) is 0 Å². The van der Waals surface area contributed by atoms with E-state index in [4.69, 9.17) is 14.9 Å². The Morgan fingerprint density at radius 2 is 1.94 bits per heavy atom. The lowest BCUT2D eigenvalue weighted by Gasteiger charge is -2.10. The molecule has 0 radical (unpaired) electrons. The largest absolute Gasteiger partial charge is 0.491 e. The molecule has 0 fully saturated rings. The number of benzene rings is 1. The van der Waals surface area contributed by atoms with Crippen molar-refractivity contribution < 1.29 is 13.5 Å². The molecule has 1 aromatic carbocycles. The summed E-state index contributed by atoms with van der Waals surface area (Å²) in [4.78, 5) is 0. The topological polar surface area (TPSA) is 48.4 Å². The molecule has 2 rings (SSSR count). The van der Waals surface area contributed by atoms with Gasteiger partial charge in [0.05, 0.1) is 6.04 Å². The van der Waals surface area contributed by atoms with Gasteiger partial charge in [-0.1, -0.05) is 0 Å². The standard InChI is InChI=1S/C13H14FNO2/c1-9-2-7-13(17-9)12(15)8-16-11-5-3-10(14)4-6-11/h2-7,12H,8,15H2,1H3. The summed E-state index contributed by atoms with van der Waals surface area (Å²) in [5.41, 5.74) is 5.89. The highest BCUT2D eigenvalue weighted by atomic mass is 19.1. The van der Waals surface area contributed by atoms with Crippen LogP contribution >= 0.6 is 0 Å². The van der Waals surface area contributed by atoms with Gasteiger partial charge in [-0.25, -0.2) is 4.39 Å². The summed E-state index contributed by atoms with van der Waals surface area (Å²) in [6.45, 7) is 2.15. The van der Waals surface area contributed by atoms with Crippen LogP contribution in [0.1, 0.15) is 17.6 Å². The van der Waals surface area contributed by atoms with E-state index in [2.05, 4.69) is 0 Å². The van der Waals surface area contributed by atoms with E-state index < -0.39 is 0 Å². The van der Waals surface area contributed by atoms with Crippen molar-refractivity contribution in [3.8, 4) is 5.75 Å². The lowest BCUT2D eigenvalue weighted by molar-refractivity contribution is 0.271. The highest BCUT2D eigenvalue weighted by molar-refractivity contribution is 5.22. The Hall–Kier alpha value is -1.81. The van der Waals surface area contributed by atoms with Crippen LogP contribution in [0.25, 0.3) is 0 Å². The number of ether oxygens (including phenoxy) is 1. The van der Waals surface area contributed by atoms with Crippen LogP contribution < -0.4 is 10.5 Å². The lowest BCUT2D eigenvalue weighted by atomic mass is 10.2. The molecule has 1 atom stereocenters. The van der Waals surface area contributed by atoms with E-state index in [0.717, 1.165) is 5.76 Å². The zero-order valence-electron chi connectivity index (χ0n) is 9.52. The summed E-state index contributed by atoms with van der Waals surface area (Å²) in [6.07, 6.45) is 0. The Morgan fingerprint density at radius 1 is 1.24 bits per heavy atom. The minimum atomic E-state index is -0.325. The summed E-state index contributed by atoms with van der Waals surface area (Å²) < 4.78 is 23.5. The van der Waals surface area contributed by atoms with Crippen LogP contribution in [-0.4, -0.2) is 6.61 Å². The average molecular weight is 235 g/mol. The van der Waals surface area contributed by atoms with Crippen LogP contribution in [-0.2, 0) is 0 Å². The molecule has 3 nitrogen and oxygen atoms in total. The third-order valence-electron chi connectivity index (χ3n) is 2.37. The van der Waals surface area contributed by atoms with Crippen LogP contribution in [0.3, 0.4) is 0 Å². The maximum atomic E-state index is 12.7. The van der Waals surface area contributed by atoms with Crippen molar-refractivity contribution in [2.75, 3.05) is 6.61 Å². The summed E-state index contributed by atoms with van der Waals surface area (Å²) >= 11 is 0.